The zero-order valence-corrected chi connectivity index (χ0v) is 7.10. The van der Waals surface area contributed by atoms with Crippen LogP contribution in [-0.4, -0.2) is 19.9 Å². The van der Waals surface area contributed by atoms with Crippen molar-refractivity contribution in [3.63, 3.8) is 0 Å². The van der Waals surface area contributed by atoms with Gasteiger partial charge in [-0.25, -0.2) is 0 Å². The number of nitrogens with zero attached hydrogens (tertiary/aromatic N) is 2. The highest BCUT2D eigenvalue weighted by Crippen LogP contribution is 2.24. The van der Waals surface area contributed by atoms with Crippen LogP contribution in [-0.2, 0) is 0 Å². The summed E-state index contributed by atoms with van der Waals surface area (Å²) in [4.78, 5) is 0. The Hall–Kier alpha value is -2.31. The van der Waals surface area contributed by atoms with Crippen LogP contribution in [0.15, 0.2) is 12.1 Å². The molecular formula is C7H9N5O2. The van der Waals surface area contributed by atoms with Crippen molar-refractivity contribution in [3.8, 4) is 0 Å². The average Bonchev–Trinajstić information content (AvgIpc) is 2.38. The number of rotatable bonds is 0. The van der Waals surface area contributed by atoms with Gasteiger partial charge in [0.05, 0.1) is 11.4 Å². The van der Waals surface area contributed by atoms with E-state index in [9.17, 15) is 10.4 Å². The van der Waals surface area contributed by atoms with E-state index in [1.54, 1.807) is 0 Å². The van der Waals surface area contributed by atoms with Crippen molar-refractivity contribution in [3.05, 3.63) is 17.8 Å². The quantitative estimate of drug-likeness (QED) is 0.288. The molecule has 0 saturated carbocycles. The zero-order chi connectivity index (χ0) is 10.5. The molecule has 7 nitrogen and oxygen atoms in total. The SMILES string of the molecule is N=c1n(O)c2ccc(N)c(N)c2n1O. The van der Waals surface area contributed by atoms with Crippen LogP contribution in [0.2, 0.25) is 0 Å². The van der Waals surface area contributed by atoms with Gasteiger partial charge in [-0.05, 0) is 12.1 Å². The smallest absolute Gasteiger partial charge is 0.270 e. The molecule has 0 aliphatic heterocycles. The molecule has 1 aromatic carbocycles. The zero-order valence-electron chi connectivity index (χ0n) is 7.10. The first-order valence-corrected chi connectivity index (χ1v) is 3.78. The topological polar surface area (TPSA) is 126 Å². The van der Waals surface area contributed by atoms with E-state index >= 15 is 0 Å². The van der Waals surface area contributed by atoms with Crippen molar-refractivity contribution in [2.45, 2.75) is 0 Å². The van der Waals surface area contributed by atoms with Crippen molar-refractivity contribution >= 4 is 22.4 Å². The fraction of sp³-hybridized carbons (Fsp3) is 0. The van der Waals surface area contributed by atoms with Gasteiger partial charge >= 0.3 is 0 Å². The van der Waals surface area contributed by atoms with E-state index < -0.39 is 5.62 Å². The Balaban J connectivity index is 3.11. The number of benzene rings is 1. The minimum absolute atomic E-state index is 0.123. The van der Waals surface area contributed by atoms with Crippen molar-refractivity contribution in [2.75, 3.05) is 11.5 Å². The number of nitrogens with two attached hydrogens (primary N) is 2. The van der Waals surface area contributed by atoms with Crippen LogP contribution >= 0.6 is 0 Å². The number of hydrogen-bond acceptors (Lipinski definition) is 5. The molecular weight excluding hydrogens is 186 g/mol. The van der Waals surface area contributed by atoms with Crippen LogP contribution < -0.4 is 17.1 Å². The first-order chi connectivity index (χ1) is 6.54. The maximum absolute atomic E-state index is 9.40. The molecule has 0 saturated heterocycles. The van der Waals surface area contributed by atoms with Gasteiger partial charge in [0, 0.05) is 0 Å². The van der Waals surface area contributed by atoms with E-state index in [-0.39, 0.29) is 22.4 Å². The predicted octanol–water partition coefficient (Wildman–Crippen LogP) is -0.439. The minimum atomic E-state index is -0.489. The molecule has 74 valence electrons. The number of nitrogen functional groups attached to an aromatic ring is 2. The summed E-state index contributed by atoms with van der Waals surface area (Å²) in [5.74, 6) is 0. The molecule has 7 N–H and O–H groups in total. The Labute approximate surface area is 77.8 Å². The standard InChI is InChI=1S/C7H9N5O2/c8-3-1-2-4-6(5(3)9)12(14)7(10)11(4)13/h1-2,10,13-14H,8-9H2. The first kappa shape index (κ1) is 8.30. The van der Waals surface area contributed by atoms with Gasteiger partial charge in [0.25, 0.3) is 5.62 Å². The normalized spacial score (nSPS) is 10.9. The van der Waals surface area contributed by atoms with Gasteiger partial charge < -0.3 is 21.9 Å². The Morgan fingerprint density at radius 2 is 1.79 bits per heavy atom. The lowest BCUT2D eigenvalue weighted by Gasteiger charge is -2.01. The number of aromatic nitrogens is 2. The summed E-state index contributed by atoms with van der Waals surface area (Å²) in [6.07, 6.45) is 0. The third-order valence-electron chi connectivity index (χ3n) is 2.07. The molecule has 0 unspecified atom stereocenters. The molecule has 0 aliphatic rings. The van der Waals surface area contributed by atoms with Gasteiger partial charge in [-0.2, -0.15) is 0 Å². The molecule has 0 spiro atoms. The number of hydrogen-bond donors (Lipinski definition) is 5. The minimum Gasteiger partial charge on any atom is -0.425 e. The third-order valence-corrected chi connectivity index (χ3v) is 2.07. The molecule has 14 heavy (non-hydrogen) atoms. The highest BCUT2D eigenvalue weighted by atomic mass is 16.5. The average molecular weight is 195 g/mol. The van der Waals surface area contributed by atoms with Crippen LogP contribution in [0.1, 0.15) is 0 Å². The summed E-state index contributed by atoms with van der Waals surface area (Å²) in [6, 6.07) is 2.95. The van der Waals surface area contributed by atoms with Crippen LogP contribution in [0.5, 0.6) is 0 Å². The molecule has 1 aromatic heterocycles. The lowest BCUT2D eigenvalue weighted by molar-refractivity contribution is 0.130. The molecule has 0 atom stereocenters. The largest absolute Gasteiger partial charge is 0.425 e. The predicted molar refractivity (Wildman–Crippen MR) is 49.0 cm³/mol. The van der Waals surface area contributed by atoms with Crippen molar-refractivity contribution < 1.29 is 10.4 Å². The highest BCUT2D eigenvalue weighted by molar-refractivity contribution is 5.93. The molecule has 2 rings (SSSR count). The molecule has 0 bridgehead atoms. The van der Waals surface area contributed by atoms with Gasteiger partial charge in [-0.1, -0.05) is 0 Å². The van der Waals surface area contributed by atoms with E-state index in [0.717, 1.165) is 0 Å². The maximum Gasteiger partial charge on any atom is 0.270 e. The number of nitrogens with one attached hydrogen (secondary N) is 1. The van der Waals surface area contributed by atoms with Crippen molar-refractivity contribution in [2.24, 2.45) is 0 Å². The monoisotopic (exact) mass is 195 g/mol. The van der Waals surface area contributed by atoms with Gasteiger partial charge in [0.1, 0.15) is 11.0 Å². The molecule has 1 heterocycles. The summed E-state index contributed by atoms with van der Waals surface area (Å²) in [5, 5.41) is 26.0. The highest BCUT2D eigenvalue weighted by Gasteiger charge is 2.13. The van der Waals surface area contributed by atoms with Gasteiger partial charge in [0.15, 0.2) is 0 Å². The maximum atomic E-state index is 9.40. The van der Waals surface area contributed by atoms with Crippen molar-refractivity contribution in [1.29, 1.82) is 5.41 Å². The molecule has 7 heteroatoms. The lowest BCUT2D eigenvalue weighted by atomic mass is 10.2. The fourth-order valence-corrected chi connectivity index (χ4v) is 1.32. The molecule has 0 amide bonds. The van der Waals surface area contributed by atoms with Crippen LogP contribution in [0.4, 0.5) is 11.4 Å². The van der Waals surface area contributed by atoms with Gasteiger partial charge in [-0.15, -0.1) is 9.46 Å². The lowest BCUT2D eigenvalue weighted by Crippen LogP contribution is -2.21. The van der Waals surface area contributed by atoms with Crippen molar-refractivity contribution in [1.82, 2.24) is 9.46 Å². The Bertz CT molecular complexity index is 567. The van der Waals surface area contributed by atoms with E-state index in [1.807, 2.05) is 0 Å². The Kier molecular flexibility index (Phi) is 1.39. The first-order valence-electron chi connectivity index (χ1n) is 3.78. The Morgan fingerprint density at radius 3 is 2.43 bits per heavy atom. The second-order valence-electron chi connectivity index (χ2n) is 2.88. The Morgan fingerprint density at radius 1 is 1.14 bits per heavy atom. The summed E-state index contributed by atoms with van der Waals surface area (Å²) >= 11 is 0. The van der Waals surface area contributed by atoms with E-state index in [2.05, 4.69) is 0 Å². The number of imidazole rings is 1. The van der Waals surface area contributed by atoms with Gasteiger partial charge in [0.2, 0.25) is 0 Å². The molecule has 0 radical (unpaired) electrons. The third kappa shape index (κ3) is 0.777. The van der Waals surface area contributed by atoms with Crippen LogP contribution in [0.3, 0.4) is 0 Å². The van der Waals surface area contributed by atoms with Crippen LogP contribution in [0, 0.1) is 5.41 Å². The number of anilines is 2. The molecule has 0 aliphatic carbocycles. The van der Waals surface area contributed by atoms with Gasteiger partial charge in [-0.3, -0.25) is 5.41 Å². The second kappa shape index (κ2) is 2.34. The summed E-state index contributed by atoms with van der Waals surface area (Å²) < 4.78 is 0.992. The summed E-state index contributed by atoms with van der Waals surface area (Å²) in [6.45, 7) is 0. The summed E-state index contributed by atoms with van der Waals surface area (Å²) in [5.41, 5.74) is 11.4. The van der Waals surface area contributed by atoms with Crippen LogP contribution in [0.25, 0.3) is 11.0 Å². The summed E-state index contributed by atoms with van der Waals surface area (Å²) in [7, 11) is 0. The number of fused-ring (bicyclic) bond motifs is 1. The molecule has 2 aromatic rings. The van der Waals surface area contributed by atoms with E-state index in [1.165, 1.54) is 12.1 Å². The second-order valence-corrected chi connectivity index (χ2v) is 2.88. The fourth-order valence-electron chi connectivity index (χ4n) is 1.32. The molecule has 0 fully saturated rings. The van der Waals surface area contributed by atoms with E-state index in [4.69, 9.17) is 16.9 Å². The van der Waals surface area contributed by atoms with E-state index in [0.29, 0.717) is 9.46 Å².